The zero-order chi connectivity index (χ0) is 21.5. The van der Waals surface area contributed by atoms with Gasteiger partial charge in [-0.25, -0.2) is 9.18 Å². The van der Waals surface area contributed by atoms with Crippen molar-refractivity contribution in [1.29, 1.82) is 0 Å². The minimum Gasteiger partial charge on any atom is -0.447 e. The number of nitrogens with one attached hydrogen (secondary N) is 1. The molecule has 1 saturated heterocycles. The van der Waals surface area contributed by atoms with Crippen molar-refractivity contribution in [2.75, 3.05) is 26.4 Å². The van der Waals surface area contributed by atoms with Gasteiger partial charge in [-0.3, -0.25) is 5.10 Å². The lowest BCUT2D eigenvalue weighted by molar-refractivity contribution is -0.0266. The minimum absolute atomic E-state index is 0.106. The fraction of sp³-hybridized carbons (Fsp3) is 0.583. The molecule has 2 heterocycles. The normalized spacial score (nSPS) is 26.5. The van der Waals surface area contributed by atoms with Crippen LogP contribution in [0.4, 0.5) is 9.18 Å². The van der Waals surface area contributed by atoms with E-state index in [9.17, 15) is 9.18 Å². The van der Waals surface area contributed by atoms with Gasteiger partial charge in [0.25, 0.3) is 0 Å². The standard InChI is InChI=1S/C24H32FN3O3/c25-13-16-30-24(29)28-15-4-7-21(22-12-14-26-27-22)23(28)17-31-20-10-8-19(9-11-20)18-5-2-1-3-6-18/h1-3,5-6,12,14,19-21,23H,4,7-11,13,15-17H2,(H,26,27). The maximum Gasteiger partial charge on any atom is 0.410 e. The smallest absolute Gasteiger partial charge is 0.410 e. The van der Waals surface area contributed by atoms with E-state index < -0.39 is 12.8 Å². The second-order valence-electron chi connectivity index (χ2n) is 8.54. The SMILES string of the molecule is O=C(OCCF)N1CCCC(c2ccn[nH]2)C1COC1CCC(c2ccccc2)CC1. The fourth-order valence-electron chi connectivity index (χ4n) is 5.06. The maximum atomic E-state index is 12.6. The topological polar surface area (TPSA) is 67.5 Å². The van der Waals surface area contributed by atoms with Gasteiger partial charge in [-0.15, -0.1) is 0 Å². The Balaban J connectivity index is 1.37. The summed E-state index contributed by atoms with van der Waals surface area (Å²) in [5.74, 6) is 0.704. The predicted octanol–water partition coefficient (Wildman–Crippen LogP) is 4.81. The monoisotopic (exact) mass is 429 g/mol. The van der Waals surface area contributed by atoms with E-state index in [1.165, 1.54) is 5.56 Å². The Hall–Kier alpha value is -2.41. The Kier molecular flexibility index (Phi) is 7.57. The quantitative estimate of drug-likeness (QED) is 0.686. The van der Waals surface area contributed by atoms with Gasteiger partial charge >= 0.3 is 6.09 Å². The van der Waals surface area contributed by atoms with Gasteiger partial charge in [0.1, 0.15) is 13.3 Å². The molecule has 1 saturated carbocycles. The Bertz CT molecular complexity index is 794. The number of halogens is 1. The van der Waals surface area contributed by atoms with Crippen LogP contribution in [0, 0.1) is 0 Å². The zero-order valence-electron chi connectivity index (χ0n) is 17.9. The molecule has 1 aliphatic heterocycles. The molecule has 1 aromatic heterocycles. The lowest BCUT2D eigenvalue weighted by Crippen LogP contribution is -2.50. The van der Waals surface area contributed by atoms with Crippen LogP contribution in [0.2, 0.25) is 0 Å². The summed E-state index contributed by atoms with van der Waals surface area (Å²) in [6, 6.07) is 12.5. The largest absolute Gasteiger partial charge is 0.447 e. The molecule has 2 atom stereocenters. The summed E-state index contributed by atoms with van der Waals surface area (Å²) in [7, 11) is 0. The third-order valence-corrected chi connectivity index (χ3v) is 6.69. The van der Waals surface area contributed by atoms with E-state index in [0.717, 1.165) is 44.2 Å². The summed E-state index contributed by atoms with van der Waals surface area (Å²) in [4.78, 5) is 14.3. The number of amides is 1. The van der Waals surface area contributed by atoms with Gasteiger partial charge in [0, 0.05) is 24.4 Å². The molecule has 1 aromatic carbocycles. The number of likely N-dealkylation sites (tertiary alicyclic amines) is 1. The molecule has 1 amide bonds. The lowest BCUT2D eigenvalue weighted by atomic mass is 9.82. The predicted molar refractivity (Wildman–Crippen MR) is 116 cm³/mol. The molecule has 31 heavy (non-hydrogen) atoms. The minimum atomic E-state index is -0.671. The maximum absolute atomic E-state index is 12.6. The molecule has 0 radical (unpaired) electrons. The second kappa shape index (κ2) is 10.8. The number of ether oxygens (including phenoxy) is 2. The van der Waals surface area contributed by atoms with E-state index in [2.05, 4.69) is 40.5 Å². The third kappa shape index (κ3) is 5.45. The first-order valence-electron chi connectivity index (χ1n) is 11.4. The number of alkyl halides is 1. The summed E-state index contributed by atoms with van der Waals surface area (Å²) in [5, 5.41) is 7.15. The van der Waals surface area contributed by atoms with Crippen LogP contribution in [0.3, 0.4) is 0 Å². The van der Waals surface area contributed by atoms with Crippen LogP contribution >= 0.6 is 0 Å². The van der Waals surface area contributed by atoms with Crippen molar-refractivity contribution in [2.45, 2.75) is 62.5 Å². The number of piperidine rings is 1. The van der Waals surface area contributed by atoms with Crippen LogP contribution in [0.1, 0.15) is 61.6 Å². The number of carbonyl (C=O) groups is 1. The summed E-state index contributed by atoms with van der Waals surface area (Å²) in [6.45, 7) is 0.177. The number of aromatic amines is 1. The van der Waals surface area contributed by atoms with E-state index >= 15 is 0 Å². The van der Waals surface area contributed by atoms with Crippen LogP contribution in [0.15, 0.2) is 42.6 Å². The zero-order valence-corrected chi connectivity index (χ0v) is 17.9. The van der Waals surface area contributed by atoms with Crippen LogP contribution in [-0.2, 0) is 9.47 Å². The van der Waals surface area contributed by atoms with Crippen molar-refractivity contribution in [2.24, 2.45) is 0 Å². The van der Waals surface area contributed by atoms with Crippen LogP contribution in [0.5, 0.6) is 0 Å². The highest BCUT2D eigenvalue weighted by Crippen LogP contribution is 2.36. The highest BCUT2D eigenvalue weighted by atomic mass is 19.1. The molecule has 1 aliphatic carbocycles. The van der Waals surface area contributed by atoms with Gasteiger partial charge in [0.15, 0.2) is 0 Å². The summed E-state index contributed by atoms with van der Waals surface area (Å²) < 4.78 is 24.0. The molecule has 7 heteroatoms. The van der Waals surface area contributed by atoms with Gasteiger partial charge in [0.05, 0.1) is 18.8 Å². The van der Waals surface area contributed by atoms with Crippen molar-refractivity contribution in [1.82, 2.24) is 15.1 Å². The van der Waals surface area contributed by atoms with Crippen LogP contribution < -0.4 is 0 Å². The number of aromatic nitrogens is 2. The van der Waals surface area contributed by atoms with E-state index in [4.69, 9.17) is 9.47 Å². The van der Waals surface area contributed by atoms with E-state index in [-0.39, 0.29) is 24.7 Å². The molecule has 2 unspecified atom stereocenters. The molecular formula is C24H32FN3O3. The fourth-order valence-corrected chi connectivity index (χ4v) is 5.06. The number of hydrogen-bond donors (Lipinski definition) is 1. The molecule has 0 spiro atoms. The molecule has 168 valence electrons. The van der Waals surface area contributed by atoms with Gasteiger partial charge in [-0.1, -0.05) is 30.3 Å². The van der Waals surface area contributed by atoms with Gasteiger partial charge in [-0.2, -0.15) is 5.10 Å². The second-order valence-corrected chi connectivity index (χ2v) is 8.54. The molecule has 2 aromatic rings. The Morgan fingerprint density at radius 1 is 1.13 bits per heavy atom. The molecule has 2 aliphatic rings. The van der Waals surface area contributed by atoms with E-state index in [1.807, 2.05) is 6.07 Å². The van der Waals surface area contributed by atoms with Gasteiger partial charge < -0.3 is 14.4 Å². The molecule has 1 N–H and O–H groups in total. The lowest BCUT2D eigenvalue weighted by Gasteiger charge is -2.41. The Labute approximate surface area is 183 Å². The molecular weight excluding hydrogens is 397 g/mol. The summed E-state index contributed by atoms with van der Waals surface area (Å²) >= 11 is 0. The van der Waals surface area contributed by atoms with Crippen LogP contribution in [0.25, 0.3) is 0 Å². The number of benzene rings is 1. The molecule has 0 bridgehead atoms. The molecule has 6 nitrogen and oxygen atoms in total. The number of rotatable bonds is 7. The van der Waals surface area contributed by atoms with Crippen molar-refractivity contribution < 1.29 is 18.7 Å². The molecule has 2 fully saturated rings. The number of H-pyrrole nitrogens is 1. The van der Waals surface area contributed by atoms with Gasteiger partial charge in [-0.05, 0) is 56.1 Å². The number of carbonyl (C=O) groups excluding carboxylic acids is 1. The Morgan fingerprint density at radius 3 is 2.65 bits per heavy atom. The third-order valence-electron chi connectivity index (χ3n) is 6.69. The Morgan fingerprint density at radius 2 is 1.94 bits per heavy atom. The first-order valence-corrected chi connectivity index (χ1v) is 11.4. The highest BCUT2D eigenvalue weighted by molar-refractivity contribution is 5.68. The van der Waals surface area contributed by atoms with Crippen molar-refractivity contribution in [3.63, 3.8) is 0 Å². The van der Waals surface area contributed by atoms with Crippen molar-refractivity contribution in [3.05, 3.63) is 53.9 Å². The number of hydrogen-bond acceptors (Lipinski definition) is 4. The van der Waals surface area contributed by atoms with E-state index in [0.29, 0.717) is 19.1 Å². The summed E-state index contributed by atoms with van der Waals surface area (Å²) in [6.07, 6.45) is 7.57. The van der Waals surface area contributed by atoms with Crippen molar-refractivity contribution >= 4 is 6.09 Å². The summed E-state index contributed by atoms with van der Waals surface area (Å²) in [5.41, 5.74) is 2.42. The first kappa shape index (κ1) is 21.8. The van der Waals surface area contributed by atoms with E-state index in [1.54, 1.807) is 11.1 Å². The van der Waals surface area contributed by atoms with Crippen molar-refractivity contribution in [3.8, 4) is 0 Å². The van der Waals surface area contributed by atoms with Crippen LogP contribution in [-0.4, -0.2) is 59.8 Å². The average molecular weight is 430 g/mol. The highest BCUT2D eigenvalue weighted by Gasteiger charge is 2.37. The number of nitrogens with zero attached hydrogens (tertiary/aromatic N) is 2. The van der Waals surface area contributed by atoms with Gasteiger partial charge in [0.2, 0.25) is 0 Å². The first-order chi connectivity index (χ1) is 15.3. The molecule has 4 rings (SSSR count). The average Bonchev–Trinajstić information content (AvgIpc) is 3.37.